The maximum absolute atomic E-state index is 8.93. The molecule has 2 nitrogen and oxygen atoms in total. The number of methoxy groups -OCH3 is 1. The van der Waals surface area contributed by atoms with Crippen molar-refractivity contribution in [2.24, 2.45) is 0 Å². The van der Waals surface area contributed by atoms with Crippen LogP contribution in [0.1, 0.15) is 6.92 Å². The fourth-order valence-electron chi connectivity index (χ4n) is 1.91. The quantitative estimate of drug-likeness (QED) is 0.740. The Morgan fingerprint density at radius 1 is 1.29 bits per heavy atom. The highest BCUT2D eigenvalue weighted by Gasteiger charge is 1.99. The molecule has 0 fully saturated rings. The summed E-state index contributed by atoms with van der Waals surface area (Å²) in [6.07, 6.45) is 0. The van der Waals surface area contributed by atoms with Gasteiger partial charge in [-0.25, -0.2) is 0 Å². The number of hydrogen-bond donors (Lipinski definition) is 0. The number of ether oxygens (including phenoxy) is 1. The molecule has 0 atom stereocenters. The van der Waals surface area contributed by atoms with Crippen LogP contribution in [-0.2, 0) is 0 Å². The standard InChI is InChI=1S/C15H13NO/c1-10(9-16)14-6-4-12-8-13(17-3)5-7-15(12)11(14)2/h4-8H,2H2,1,3H3/b14-10+. The number of nitrogens with zero attached hydrogens (tertiary/aromatic N) is 1. The first kappa shape index (κ1) is 11.2. The van der Waals surface area contributed by atoms with Crippen molar-refractivity contribution in [3.05, 3.63) is 40.8 Å². The van der Waals surface area contributed by atoms with Gasteiger partial charge in [0.25, 0.3) is 0 Å². The molecule has 2 rings (SSSR count). The monoisotopic (exact) mass is 223 g/mol. The van der Waals surface area contributed by atoms with Gasteiger partial charge in [0.15, 0.2) is 0 Å². The van der Waals surface area contributed by atoms with Gasteiger partial charge in [0.05, 0.1) is 13.2 Å². The Bertz CT molecular complexity index is 723. The first-order valence-electron chi connectivity index (χ1n) is 5.34. The summed E-state index contributed by atoms with van der Waals surface area (Å²) in [6.45, 7) is 5.87. The number of rotatable bonds is 1. The van der Waals surface area contributed by atoms with Gasteiger partial charge in [0.1, 0.15) is 5.75 Å². The van der Waals surface area contributed by atoms with Crippen molar-refractivity contribution < 1.29 is 4.74 Å². The van der Waals surface area contributed by atoms with Crippen LogP contribution in [0.4, 0.5) is 0 Å². The highest BCUT2D eigenvalue weighted by Crippen LogP contribution is 2.16. The van der Waals surface area contributed by atoms with Crippen molar-refractivity contribution >= 4 is 22.9 Å². The molecule has 0 radical (unpaired) electrons. The van der Waals surface area contributed by atoms with Crippen molar-refractivity contribution in [2.45, 2.75) is 6.92 Å². The average molecular weight is 223 g/mol. The zero-order chi connectivity index (χ0) is 12.4. The molecule has 0 aliphatic heterocycles. The lowest BCUT2D eigenvalue weighted by atomic mass is 10.0. The van der Waals surface area contributed by atoms with Gasteiger partial charge < -0.3 is 4.74 Å². The van der Waals surface area contributed by atoms with E-state index in [0.29, 0.717) is 5.57 Å². The van der Waals surface area contributed by atoms with Gasteiger partial charge in [-0.05, 0) is 40.3 Å². The SMILES string of the molecule is C=c1/c(=C(\C)C#N)ccc2cc(OC)ccc12. The molecule has 2 heteroatoms. The molecule has 2 aromatic rings. The molecule has 0 aliphatic rings. The van der Waals surface area contributed by atoms with E-state index in [2.05, 4.69) is 12.6 Å². The van der Waals surface area contributed by atoms with Crippen LogP contribution in [0.15, 0.2) is 30.3 Å². The summed E-state index contributed by atoms with van der Waals surface area (Å²) in [5.74, 6) is 0.825. The Balaban J connectivity index is 2.89. The summed E-state index contributed by atoms with van der Waals surface area (Å²) in [5, 5.41) is 12.9. The van der Waals surface area contributed by atoms with Gasteiger partial charge in [0, 0.05) is 5.57 Å². The molecule has 0 N–H and O–H groups in total. The third-order valence-corrected chi connectivity index (χ3v) is 2.91. The normalized spacial score (nSPS) is 12.1. The minimum absolute atomic E-state index is 0.688. The van der Waals surface area contributed by atoms with Gasteiger partial charge in [-0.2, -0.15) is 5.26 Å². The first-order chi connectivity index (χ1) is 8.17. The van der Waals surface area contributed by atoms with E-state index in [-0.39, 0.29) is 0 Å². The summed E-state index contributed by atoms with van der Waals surface area (Å²) < 4.78 is 5.18. The number of hydrogen-bond acceptors (Lipinski definition) is 2. The third-order valence-electron chi connectivity index (χ3n) is 2.91. The van der Waals surface area contributed by atoms with E-state index >= 15 is 0 Å². The Kier molecular flexibility index (Phi) is 2.84. The van der Waals surface area contributed by atoms with E-state index in [1.165, 1.54) is 0 Å². The Hall–Kier alpha value is -2.27. The molecule has 0 bridgehead atoms. The summed E-state index contributed by atoms with van der Waals surface area (Å²) in [4.78, 5) is 0. The van der Waals surface area contributed by atoms with Crippen LogP contribution in [0.5, 0.6) is 5.75 Å². The molecule has 2 aromatic carbocycles. The second kappa shape index (κ2) is 4.31. The zero-order valence-corrected chi connectivity index (χ0v) is 9.95. The van der Waals surface area contributed by atoms with Gasteiger partial charge in [-0.15, -0.1) is 0 Å². The highest BCUT2D eigenvalue weighted by molar-refractivity contribution is 5.85. The molecule has 0 aromatic heterocycles. The van der Waals surface area contributed by atoms with Crippen LogP contribution < -0.4 is 15.2 Å². The van der Waals surface area contributed by atoms with Gasteiger partial charge in [0.2, 0.25) is 0 Å². The van der Waals surface area contributed by atoms with E-state index in [1.54, 1.807) is 14.0 Å². The smallest absolute Gasteiger partial charge is 0.119 e. The average Bonchev–Trinajstić information content (AvgIpc) is 2.38. The zero-order valence-electron chi connectivity index (χ0n) is 9.95. The van der Waals surface area contributed by atoms with Crippen molar-refractivity contribution in [2.75, 3.05) is 7.11 Å². The van der Waals surface area contributed by atoms with Gasteiger partial charge in [-0.1, -0.05) is 24.8 Å². The van der Waals surface area contributed by atoms with Crippen LogP contribution in [0.25, 0.3) is 22.9 Å². The maximum atomic E-state index is 8.93. The molecular formula is C15H13NO. The van der Waals surface area contributed by atoms with E-state index in [9.17, 15) is 0 Å². The van der Waals surface area contributed by atoms with E-state index in [1.807, 2.05) is 30.3 Å². The van der Waals surface area contributed by atoms with Crippen molar-refractivity contribution in [1.29, 1.82) is 5.26 Å². The molecule has 0 spiro atoms. The second-order valence-electron chi connectivity index (χ2n) is 3.92. The molecule has 0 aliphatic carbocycles. The van der Waals surface area contributed by atoms with E-state index in [4.69, 9.17) is 10.00 Å². The Labute approximate surface area is 100 Å². The van der Waals surface area contributed by atoms with Crippen molar-refractivity contribution in [3.63, 3.8) is 0 Å². The molecular weight excluding hydrogens is 210 g/mol. The molecule has 0 saturated carbocycles. The highest BCUT2D eigenvalue weighted by atomic mass is 16.5. The third kappa shape index (κ3) is 1.88. The molecule has 17 heavy (non-hydrogen) atoms. The lowest BCUT2D eigenvalue weighted by molar-refractivity contribution is 0.415. The minimum atomic E-state index is 0.688. The molecule has 0 saturated heterocycles. The molecule has 0 unspecified atom stereocenters. The number of benzene rings is 2. The first-order valence-corrected chi connectivity index (χ1v) is 5.34. The lowest BCUT2D eigenvalue weighted by Crippen LogP contribution is -2.25. The summed E-state index contributed by atoms with van der Waals surface area (Å²) in [6, 6.07) is 11.9. The number of nitriles is 1. The van der Waals surface area contributed by atoms with Crippen LogP contribution in [0.3, 0.4) is 0 Å². The largest absolute Gasteiger partial charge is 0.497 e. The van der Waals surface area contributed by atoms with Crippen LogP contribution in [0, 0.1) is 11.3 Å². The molecule has 0 amide bonds. The van der Waals surface area contributed by atoms with Gasteiger partial charge >= 0.3 is 0 Å². The predicted octanol–water partition coefficient (Wildman–Crippen LogP) is 1.95. The summed E-state index contributed by atoms with van der Waals surface area (Å²) in [7, 11) is 1.65. The lowest BCUT2D eigenvalue weighted by Gasteiger charge is -2.03. The fourth-order valence-corrected chi connectivity index (χ4v) is 1.91. The predicted molar refractivity (Wildman–Crippen MR) is 70.0 cm³/mol. The van der Waals surface area contributed by atoms with Crippen LogP contribution in [0.2, 0.25) is 0 Å². The summed E-state index contributed by atoms with van der Waals surface area (Å²) >= 11 is 0. The molecule has 84 valence electrons. The topological polar surface area (TPSA) is 33.0 Å². The summed E-state index contributed by atoms with van der Waals surface area (Å²) in [5.41, 5.74) is 0.688. The maximum Gasteiger partial charge on any atom is 0.119 e. The van der Waals surface area contributed by atoms with Crippen molar-refractivity contribution in [1.82, 2.24) is 0 Å². The minimum Gasteiger partial charge on any atom is -0.497 e. The second-order valence-corrected chi connectivity index (χ2v) is 3.92. The van der Waals surface area contributed by atoms with Crippen LogP contribution >= 0.6 is 0 Å². The fraction of sp³-hybridized carbons (Fsp3) is 0.133. The number of fused-ring (bicyclic) bond motifs is 1. The molecule has 0 heterocycles. The Morgan fingerprint density at radius 3 is 2.71 bits per heavy atom. The Morgan fingerprint density at radius 2 is 2.06 bits per heavy atom. The van der Waals surface area contributed by atoms with E-state index < -0.39 is 0 Å². The van der Waals surface area contributed by atoms with E-state index in [0.717, 1.165) is 27.0 Å². The van der Waals surface area contributed by atoms with Crippen molar-refractivity contribution in [3.8, 4) is 11.8 Å². The van der Waals surface area contributed by atoms with Crippen LogP contribution in [-0.4, -0.2) is 7.11 Å². The van der Waals surface area contributed by atoms with Gasteiger partial charge in [-0.3, -0.25) is 0 Å².